The molecule has 3 aromatic carbocycles. The van der Waals surface area contributed by atoms with Crippen molar-refractivity contribution >= 4 is 27.3 Å². The average molecular weight is 381 g/mol. The Balaban J connectivity index is 1.66. The van der Waals surface area contributed by atoms with Gasteiger partial charge in [0.05, 0.1) is 5.69 Å². The molecule has 0 bridgehead atoms. The molecule has 0 saturated heterocycles. The molecule has 0 aromatic heterocycles. The van der Waals surface area contributed by atoms with Gasteiger partial charge in [0.15, 0.2) is 0 Å². The predicted octanol–water partition coefficient (Wildman–Crippen LogP) is 5.79. The summed E-state index contributed by atoms with van der Waals surface area (Å²) in [6.45, 7) is 0.803. The van der Waals surface area contributed by atoms with E-state index in [2.05, 4.69) is 92.9 Å². The van der Waals surface area contributed by atoms with E-state index in [0.717, 1.165) is 16.7 Å². The minimum absolute atomic E-state index is 0.803. The lowest BCUT2D eigenvalue weighted by Crippen LogP contribution is -2.09. The molecule has 24 heavy (non-hydrogen) atoms. The molecule has 3 heteroatoms. The van der Waals surface area contributed by atoms with Crippen LogP contribution in [0.4, 0.5) is 11.4 Å². The van der Waals surface area contributed by atoms with Crippen LogP contribution in [0.15, 0.2) is 77.3 Å². The lowest BCUT2D eigenvalue weighted by atomic mass is 10.1. The molecule has 122 valence electrons. The van der Waals surface area contributed by atoms with Crippen LogP contribution in [0.2, 0.25) is 0 Å². The molecule has 0 amide bonds. The van der Waals surface area contributed by atoms with Gasteiger partial charge in [0, 0.05) is 30.8 Å². The zero-order chi connectivity index (χ0) is 16.9. The van der Waals surface area contributed by atoms with Crippen molar-refractivity contribution in [3.8, 4) is 11.1 Å². The number of nitrogens with zero attached hydrogens (tertiary/aromatic N) is 1. The summed E-state index contributed by atoms with van der Waals surface area (Å²) >= 11 is 3.64. The zero-order valence-electron chi connectivity index (χ0n) is 14.0. The summed E-state index contributed by atoms with van der Waals surface area (Å²) < 4.78 is 1.12. The summed E-state index contributed by atoms with van der Waals surface area (Å²) in [7, 11) is 4.10. The molecular formula is C21H21BrN2. The van der Waals surface area contributed by atoms with Crippen LogP contribution in [0, 0.1) is 0 Å². The minimum atomic E-state index is 0.803. The molecule has 0 aliphatic rings. The van der Waals surface area contributed by atoms with Gasteiger partial charge in [-0.25, -0.2) is 0 Å². The Labute approximate surface area is 152 Å². The Morgan fingerprint density at radius 2 is 1.50 bits per heavy atom. The van der Waals surface area contributed by atoms with Crippen LogP contribution in [0.3, 0.4) is 0 Å². The van der Waals surface area contributed by atoms with Crippen LogP contribution in [0.1, 0.15) is 5.56 Å². The molecule has 0 atom stereocenters. The zero-order valence-corrected chi connectivity index (χ0v) is 15.5. The van der Waals surface area contributed by atoms with Crippen LogP contribution in [-0.4, -0.2) is 14.1 Å². The molecule has 0 unspecified atom stereocenters. The first-order valence-electron chi connectivity index (χ1n) is 7.98. The van der Waals surface area contributed by atoms with Crippen molar-refractivity contribution in [3.05, 3.63) is 82.8 Å². The van der Waals surface area contributed by atoms with E-state index in [0.29, 0.717) is 0 Å². The fraction of sp³-hybridized carbons (Fsp3) is 0.143. The monoisotopic (exact) mass is 380 g/mol. The Kier molecular flexibility index (Phi) is 5.21. The highest BCUT2D eigenvalue weighted by molar-refractivity contribution is 9.10. The molecule has 0 saturated carbocycles. The largest absolute Gasteiger partial charge is 0.381 e. The number of halogens is 1. The van der Waals surface area contributed by atoms with Crippen LogP contribution in [0.5, 0.6) is 0 Å². The van der Waals surface area contributed by atoms with Gasteiger partial charge in [-0.2, -0.15) is 0 Å². The topological polar surface area (TPSA) is 15.3 Å². The Morgan fingerprint density at radius 1 is 0.833 bits per heavy atom. The lowest BCUT2D eigenvalue weighted by Gasteiger charge is -2.16. The Bertz CT molecular complexity index is 796. The molecular weight excluding hydrogens is 360 g/mol. The van der Waals surface area contributed by atoms with E-state index in [-0.39, 0.29) is 0 Å². The molecule has 0 radical (unpaired) electrons. The highest BCUT2D eigenvalue weighted by Crippen LogP contribution is 2.26. The smallest absolute Gasteiger partial charge is 0.0505 e. The maximum atomic E-state index is 3.64. The molecule has 0 fully saturated rings. The van der Waals surface area contributed by atoms with Gasteiger partial charge < -0.3 is 10.2 Å². The van der Waals surface area contributed by atoms with Crippen LogP contribution >= 0.6 is 15.9 Å². The first kappa shape index (κ1) is 16.6. The van der Waals surface area contributed by atoms with E-state index in [1.54, 1.807) is 0 Å². The van der Waals surface area contributed by atoms with E-state index < -0.39 is 0 Å². The van der Waals surface area contributed by atoms with Gasteiger partial charge in [-0.1, -0.05) is 48.5 Å². The van der Waals surface area contributed by atoms with E-state index in [4.69, 9.17) is 0 Å². The lowest BCUT2D eigenvalue weighted by molar-refractivity contribution is 1.10. The Morgan fingerprint density at radius 3 is 2.12 bits per heavy atom. The van der Waals surface area contributed by atoms with Crippen molar-refractivity contribution in [1.29, 1.82) is 0 Å². The summed E-state index contributed by atoms with van der Waals surface area (Å²) in [6.07, 6.45) is 0. The number of hydrogen-bond acceptors (Lipinski definition) is 2. The summed E-state index contributed by atoms with van der Waals surface area (Å²) in [5, 5.41) is 3.48. The normalized spacial score (nSPS) is 10.5. The second-order valence-corrected chi connectivity index (χ2v) is 6.83. The van der Waals surface area contributed by atoms with Crippen molar-refractivity contribution < 1.29 is 0 Å². The summed E-state index contributed by atoms with van der Waals surface area (Å²) in [4.78, 5) is 2.10. The van der Waals surface area contributed by atoms with Gasteiger partial charge >= 0.3 is 0 Å². The SMILES string of the molecule is CN(C)c1ccc(CNc2ccc(-c3ccccc3)cc2)cc1Br. The second-order valence-electron chi connectivity index (χ2n) is 5.98. The van der Waals surface area contributed by atoms with Gasteiger partial charge in [-0.15, -0.1) is 0 Å². The van der Waals surface area contributed by atoms with Crippen molar-refractivity contribution in [3.63, 3.8) is 0 Å². The maximum absolute atomic E-state index is 3.64. The third-order valence-electron chi connectivity index (χ3n) is 3.98. The van der Waals surface area contributed by atoms with E-state index in [1.807, 2.05) is 20.2 Å². The van der Waals surface area contributed by atoms with Crippen molar-refractivity contribution in [2.24, 2.45) is 0 Å². The van der Waals surface area contributed by atoms with Gasteiger partial charge in [-0.05, 0) is 56.9 Å². The fourth-order valence-electron chi connectivity index (χ4n) is 2.64. The summed E-state index contributed by atoms with van der Waals surface area (Å²) in [5.41, 5.74) is 6.04. The Hall–Kier alpha value is -2.26. The number of nitrogens with one attached hydrogen (secondary N) is 1. The van der Waals surface area contributed by atoms with Crippen molar-refractivity contribution in [2.45, 2.75) is 6.54 Å². The maximum Gasteiger partial charge on any atom is 0.0505 e. The molecule has 3 rings (SSSR count). The second kappa shape index (κ2) is 7.54. The van der Waals surface area contributed by atoms with Crippen molar-refractivity contribution in [1.82, 2.24) is 0 Å². The fourth-order valence-corrected chi connectivity index (χ4v) is 3.42. The molecule has 0 heterocycles. The minimum Gasteiger partial charge on any atom is -0.381 e. The summed E-state index contributed by atoms with van der Waals surface area (Å²) in [6, 6.07) is 25.5. The molecule has 2 nitrogen and oxygen atoms in total. The first-order chi connectivity index (χ1) is 11.6. The third kappa shape index (κ3) is 3.98. The van der Waals surface area contributed by atoms with Crippen LogP contribution in [0.25, 0.3) is 11.1 Å². The standard InChI is InChI=1S/C21H21BrN2/c1-24(2)21-13-8-16(14-20(21)22)15-23-19-11-9-18(10-12-19)17-6-4-3-5-7-17/h3-14,23H,15H2,1-2H3. The number of benzene rings is 3. The summed E-state index contributed by atoms with van der Waals surface area (Å²) in [5.74, 6) is 0. The van der Waals surface area contributed by atoms with E-state index >= 15 is 0 Å². The van der Waals surface area contributed by atoms with Gasteiger partial charge in [-0.3, -0.25) is 0 Å². The van der Waals surface area contributed by atoms with Gasteiger partial charge in [0.25, 0.3) is 0 Å². The van der Waals surface area contributed by atoms with Gasteiger partial charge in [0.2, 0.25) is 0 Å². The predicted molar refractivity (Wildman–Crippen MR) is 108 cm³/mol. The quantitative estimate of drug-likeness (QED) is 0.601. The molecule has 1 N–H and O–H groups in total. The first-order valence-corrected chi connectivity index (χ1v) is 8.78. The number of rotatable bonds is 5. The van der Waals surface area contributed by atoms with Crippen molar-refractivity contribution in [2.75, 3.05) is 24.3 Å². The molecule has 0 spiro atoms. The molecule has 0 aliphatic heterocycles. The average Bonchev–Trinajstić information content (AvgIpc) is 2.61. The number of anilines is 2. The van der Waals surface area contributed by atoms with E-state index in [9.17, 15) is 0 Å². The van der Waals surface area contributed by atoms with E-state index in [1.165, 1.54) is 22.4 Å². The molecule has 0 aliphatic carbocycles. The van der Waals surface area contributed by atoms with Crippen LogP contribution < -0.4 is 10.2 Å². The highest BCUT2D eigenvalue weighted by atomic mass is 79.9. The molecule has 3 aromatic rings. The highest BCUT2D eigenvalue weighted by Gasteiger charge is 2.03. The van der Waals surface area contributed by atoms with Crippen LogP contribution in [-0.2, 0) is 6.54 Å². The third-order valence-corrected chi connectivity index (χ3v) is 4.62. The van der Waals surface area contributed by atoms with Gasteiger partial charge in [0.1, 0.15) is 0 Å². The number of hydrogen-bond donors (Lipinski definition) is 1.